The second kappa shape index (κ2) is 3.84. The summed E-state index contributed by atoms with van der Waals surface area (Å²) >= 11 is 0. The number of pyridine rings is 1. The van der Waals surface area contributed by atoms with Crippen molar-refractivity contribution in [2.45, 2.75) is 0 Å². The summed E-state index contributed by atoms with van der Waals surface area (Å²) in [6, 6.07) is 2.70. The molecule has 0 aliphatic heterocycles. The monoisotopic (exact) mass is 224 g/mol. The fourth-order valence-electron chi connectivity index (χ4n) is 1.38. The standard InChI is InChI=1S/C11H7F3N2/c12-8-4-10(14)9(13)3-7(8)6-1-2-16-5-11(6)15/h1-5H,15H2. The van der Waals surface area contributed by atoms with Crippen LogP contribution in [0.4, 0.5) is 18.9 Å². The fourth-order valence-corrected chi connectivity index (χ4v) is 1.38. The van der Waals surface area contributed by atoms with Crippen molar-refractivity contribution in [2.24, 2.45) is 0 Å². The van der Waals surface area contributed by atoms with Gasteiger partial charge in [-0.15, -0.1) is 0 Å². The van der Waals surface area contributed by atoms with Crippen LogP contribution in [0, 0.1) is 17.5 Å². The van der Waals surface area contributed by atoms with Crippen molar-refractivity contribution in [3.63, 3.8) is 0 Å². The van der Waals surface area contributed by atoms with Gasteiger partial charge in [0.05, 0.1) is 11.9 Å². The maximum atomic E-state index is 13.4. The number of anilines is 1. The minimum Gasteiger partial charge on any atom is -0.397 e. The SMILES string of the molecule is Nc1cnccc1-c1cc(F)c(F)cc1F. The van der Waals surface area contributed by atoms with Gasteiger partial charge in [0.25, 0.3) is 0 Å². The van der Waals surface area contributed by atoms with E-state index in [1.165, 1.54) is 18.5 Å². The Morgan fingerprint density at radius 3 is 2.31 bits per heavy atom. The van der Waals surface area contributed by atoms with Crippen LogP contribution in [-0.2, 0) is 0 Å². The lowest BCUT2D eigenvalue weighted by Crippen LogP contribution is -1.95. The number of hydrogen-bond donors (Lipinski definition) is 1. The summed E-state index contributed by atoms with van der Waals surface area (Å²) in [5, 5.41) is 0. The molecule has 0 aliphatic carbocycles. The van der Waals surface area contributed by atoms with Gasteiger partial charge >= 0.3 is 0 Å². The number of aromatic nitrogens is 1. The molecule has 0 amide bonds. The molecule has 5 heteroatoms. The summed E-state index contributed by atoms with van der Waals surface area (Å²) in [4.78, 5) is 3.72. The van der Waals surface area contributed by atoms with Gasteiger partial charge in [0.15, 0.2) is 11.6 Å². The number of benzene rings is 1. The molecule has 0 bridgehead atoms. The Morgan fingerprint density at radius 1 is 0.938 bits per heavy atom. The lowest BCUT2D eigenvalue weighted by atomic mass is 10.0. The average Bonchev–Trinajstić information content (AvgIpc) is 2.25. The van der Waals surface area contributed by atoms with E-state index in [9.17, 15) is 13.2 Å². The number of nitrogens with two attached hydrogens (primary N) is 1. The Hall–Kier alpha value is -2.04. The second-order valence-electron chi connectivity index (χ2n) is 3.21. The lowest BCUT2D eigenvalue weighted by molar-refractivity contribution is 0.496. The maximum Gasteiger partial charge on any atom is 0.161 e. The van der Waals surface area contributed by atoms with Crippen LogP contribution in [0.25, 0.3) is 11.1 Å². The van der Waals surface area contributed by atoms with E-state index in [1.807, 2.05) is 0 Å². The number of nitrogens with zero attached hydrogens (tertiary/aromatic N) is 1. The topological polar surface area (TPSA) is 38.9 Å². The van der Waals surface area contributed by atoms with Crippen LogP contribution in [0.2, 0.25) is 0 Å². The molecule has 2 nitrogen and oxygen atoms in total. The number of hydrogen-bond acceptors (Lipinski definition) is 2. The van der Waals surface area contributed by atoms with E-state index in [-0.39, 0.29) is 16.8 Å². The maximum absolute atomic E-state index is 13.4. The Balaban J connectivity index is 2.65. The first-order valence-electron chi connectivity index (χ1n) is 4.44. The number of rotatable bonds is 1. The van der Waals surface area contributed by atoms with Crippen LogP contribution in [0.5, 0.6) is 0 Å². The van der Waals surface area contributed by atoms with Crippen molar-refractivity contribution in [1.29, 1.82) is 0 Å². The van der Waals surface area contributed by atoms with Gasteiger partial charge in [-0.05, 0) is 12.1 Å². The molecule has 1 aromatic heterocycles. The summed E-state index contributed by atoms with van der Waals surface area (Å²) in [7, 11) is 0. The van der Waals surface area contributed by atoms with Crippen LogP contribution in [0.15, 0.2) is 30.6 Å². The first-order valence-corrected chi connectivity index (χ1v) is 4.44. The Bertz CT molecular complexity index is 541. The van der Waals surface area contributed by atoms with Crippen molar-refractivity contribution in [2.75, 3.05) is 5.73 Å². The normalized spacial score (nSPS) is 10.4. The quantitative estimate of drug-likeness (QED) is 0.756. The smallest absolute Gasteiger partial charge is 0.161 e. The van der Waals surface area contributed by atoms with Crippen LogP contribution in [0.3, 0.4) is 0 Å². The van der Waals surface area contributed by atoms with E-state index in [2.05, 4.69) is 4.98 Å². The molecule has 82 valence electrons. The zero-order chi connectivity index (χ0) is 11.7. The molecule has 2 aromatic rings. The van der Waals surface area contributed by atoms with Crippen molar-refractivity contribution in [3.05, 3.63) is 48.0 Å². The summed E-state index contributed by atoms with van der Waals surface area (Å²) in [6.45, 7) is 0. The third-order valence-corrected chi connectivity index (χ3v) is 2.15. The molecule has 0 aliphatic rings. The van der Waals surface area contributed by atoms with Crippen molar-refractivity contribution in [1.82, 2.24) is 4.98 Å². The van der Waals surface area contributed by atoms with Gasteiger partial charge in [-0.1, -0.05) is 0 Å². The number of halogens is 3. The van der Waals surface area contributed by atoms with E-state index in [1.54, 1.807) is 0 Å². The van der Waals surface area contributed by atoms with Gasteiger partial charge in [-0.25, -0.2) is 13.2 Å². The van der Waals surface area contributed by atoms with E-state index in [4.69, 9.17) is 5.73 Å². The summed E-state index contributed by atoms with van der Waals surface area (Å²) in [5.74, 6) is -3.21. The lowest BCUT2D eigenvalue weighted by Gasteiger charge is -2.06. The largest absolute Gasteiger partial charge is 0.397 e. The van der Waals surface area contributed by atoms with Gasteiger partial charge in [0.2, 0.25) is 0 Å². The molecular formula is C11H7F3N2. The minimum atomic E-state index is -1.23. The predicted octanol–water partition coefficient (Wildman–Crippen LogP) is 2.75. The number of nitrogen functional groups attached to an aromatic ring is 1. The van der Waals surface area contributed by atoms with Crippen molar-refractivity contribution in [3.8, 4) is 11.1 Å². The molecule has 0 saturated heterocycles. The highest BCUT2D eigenvalue weighted by Gasteiger charge is 2.13. The molecule has 2 rings (SSSR count). The van der Waals surface area contributed by atoms with Gasteiger partial charge in [0.1, 0.15) is 5.82 Å². The van der Waals surface area contributed by atoms with Gasteiger partial charge in [-0.2, -0.15) is 0 Å². The summed E-state index contributed by atoms with van der Waals surface area (Å²) in [6.07, 6.45) is 2.71. The highest BCUT2D eigenvalue weighted by Crippen LogP contribution is 2.28. The predicted molar refractivity (Wildman–Crippen MR) is 54.0 cm³/mol. The molecule has 0 atom stereocenters. The zero-order valence-corrected chi connectivity index (χ0v) is 8.05. The first-order chi connectivity index (χ1) is 7.59. The second-order valence-corrected chi connectivity index (χ2v) is 3.21. The van der Waals surface area contributed by atoms with E-state index in [0.717, 1.165) is 6.07 Å². The molecule has 0 spiro atoms. The molecule has 0 saturated carbocycles. The van der Waals surface area contributed by atoms with E-state index >= 15 is 0 Å². The fraction of sp³-hybridized carbons (Fsp3) is 0. The first kappa shape index (κ1) is 10.5. The van der Waals surface area contributed by atoms with Crippen molar-refractivity contribution >= 4 is 5.69 Å². The summed E-state index contributed by atoms with van der Waals surface area (Å²) in [5.41, 5.74) is 5.96. The zero-order valence-electron chi connectivity index (χ0n) is 8.05. The molecule has 1 heterocycles. The third-order valence-electron chi connectivity index (χ3n) is 2.15. The van der Waals surface area contributed by atoms with Crippen LogP contribution in [0.1, 0.15) is 0 Å². The van der Waals surface area contributed by atoms with E-state index < -0.39 is 17.5 Å². The molecule has 0 fully saturated rings. The Kier molecular flexibility index (Phi) is 2.52. The van der Waals surface area contributed by atoms with Crippen LogP contribution in [-0.4, -0.2) is 4.98 Å². The Labute approximate surface area is 89.5 Å². The molecule has 0 unspecified atom stereocenters. The summed E-state index contributed by atoms with van der Waals surface area (Å²) < 4.78 is 39.1. The highest BCUT2D eigenvalue weighted by molar-refractivity contribution is 5.75. The molecule has 2 N–H and O–H groups in total. The average molecular weight is 224 g/mol. The molecule has 0 radical (unpaired) electrons. The van der Waals surface area contributed by atoms with Crippen molar-refractivity contribution < 1.29 is 13.2 Å². The Morgan fingerprint density at radius 2 is 1.62 bits per heavy atom. The van der Waals surface area contributed by atoms with Crippen LogP contribution < -0.4 is 5.73 Å². The molecule has 16 heavy (non-hydrogen) atoms. The third kappa shape index (κ3) is 1.71. The minimum absolute atomic E-state index is 0.0844. The van der Waals surface area contributed by atoms with E-state index in [0.29, 0.717) is 6.07 Å². The van der Waals surface area contributed by atoms with Gasteiger partial charge in [0, 0.05) is 23.4 Å². The molecular weight excluding hydrogens is 217 g/mol. The molecule has 1 aromatic carbocycles. The highest BCUT2D eigenvalue weighted by atomic mass is 19.2. The van der Waals surface area contributed by atoms with Crippen LogP contribution >= 0.6 is 0 Å². The van der Waals surface area contributed by atoms with Gasteiger partial charge < -0.3 is 5.73 Å². The van der Waals surface area contributed by atoms with Gasteiger partial charge in [-0.3, -0.25) is 4.98 Å².